The smallest absolute Gasteiger partial charge is 0.298 e. The number of fused-ring (bicyclic) bond motifs is 6. The molecule has 4 aromatic rings. The number of ether oxygens (including phenoxy) is 1. The van der Waals surface area contributed by atoms with Crippen molar-refractivity contribution in [3.8, 4) is 5.75 Å². The Morgan fingerprint density at radius 1 is 0.662 bits per heavy atom. The monoisotopic (exact) mass is 1070 g/mol. The van der Waals surface area contributed by atoms with Crippen LogP contribution in [0, 0.1) is 0 Å². The summed E-state index contributed by atoms with van der Waals surface area (Å²) in [5.74, 6) is -2.47. The molecule has 1 unspecified atom stereocenters. The van der Waals surface area contributed by atoms with Gasteiger partial charge in [-0.2, -0.15) is 55.1 Å². The number of benzene rings is 4. The summed E-state index contributed by atoms with van der Waals surface area (Å²) >= 11 is 0. The summed E-state index contributed by atoms with van der Waals surface area (Å²) in [6.07, 6.45) is 3.59. The molecular formula is C40H45N2O20S6+. The number of hydrogen-bond donors (Lipinski definition) is 6. The van der Waals surface area contributed by atoms with Crippen LogP contribution in [0.25, 0.3) is 21.5 Å². The zero-order chi connectivity index (χ0) is 50.8. The van der Waals surface area contributed by atoms with Gasteiger partial charge >= 0.3 is 0 Å². The predicted octanol–water partition coefficient (Wildman–Crippen LogP) is 4.09. The minimum absolute atomic E-state index is 0.0119. The molecule has 0 bridgehead atoms. The number of carbonyl (C=O) groups excluding carboxylic acids is 1. The molecule has 2 aliphatic heterocycles. The van der Waals surface area contributed by atoms with E-state index in [1.165, 1.54) is 36.4 Å². The highest BCUT2D eigenvalue weighted by Gasteiger charge is 2.48. The molecule has 0 radical (unpaired) electrons. The molecule has 0 aliphatic carbocycles. The molecule has 22 nitrogen and oxygen atoms in total. The average Bonchev–Trinajstić information content (AvgIpc) is 3.54. The maximum Gasteiger partial charge on any atom is 0.298 e. The van der Waals surface area contributed by atoms with Crippen LogP contribution in [0.15, 0.2) is 87.1 Å². The summed E-state index contributed by atoms with van der Waals surface area (Å²) in [5, 5.41) is -0.183. The Bertz CT molecular complexity index is 3580. The van der Waals surface area contributed by atoms with Crippen LogP contribution in [0.4, 0.5) is 11.4 Å². The van der Waals surface area contributed by atoms with Crippen molar-refractivity contribution in [3.63, 3.8) is 0 Å². The lowest BCUT2D eigenvalue weighted by molar-refractivity contribution is -0.437. The Labute approximate surface area is 392 Å². The van der Waals surface area contributed by atoms with Crippen LogP contribution < -0.4 is 9.64 Å². The van der Waals surface area contributed by atoms with Crippen molar-refractivity contribution >= 4 is 106 Å². The highest BCUT2D eigenvalue weighted by Crippen LogP contribution is 2.54. The first-order valence-corrected chi connectivity index (χ1v) is 29.2. The van der Waals surface area contributed by atoms with Gasteiger partial charge in [0.15, 0.2) is 5.71 Å². The third kappa shape index (κ3) is 11.0. The maximum absolute atomic E-state index is 12.9. The van der Waals surface area contributed by atoms with E-state index in [1.807, 2.05) is 0 Å². The van der Waals surface area contributed by atoms with Gasteiger partial charge in [0, 0.05) is 64.3 Å². The second-order valence-corrected chi connectivity index (χ2v) is 25.7. The van der Waals surface area contributed by atoms with Crippen molar-refractivity contribution in [1.82, 2.24) is 0 Å². The van der Waals surface area contributed by atoms with Crippen LogP contribution in [-0.2, 0) is 76.3 Å². The molecule has 0 fully saturated rings. The molecule has 370 valence electrons. The van der Waals surface area contributed by atoms with Gasteiger partial charge in [0.25, 0.3) is 67.2 Å². The van der Waals surface area contributed by atoms with E-state index in [-0.39, 0.29) is 89.5 Å². The highest BCUT2D eigenvalue weighted by molar-refractivity contribution is 7.87. The van der Waals surface area contributed by atoms with E-state index in [0.717, 1.165) is 12.1 Å². The lowest BCUT2D eigenvalue weighted by Crippen LogP contribution is -2.31. The van der Waals surface area contributed by atoms with Crippen molar-refractivity contribution < 1.29 is 91.9 Å². The molecule has 6 N–H and O–H groups in total. The third-order valence-electron chi connectivity index (χ3n) is 11.8. The molecule has 1 atom stereocenters. The minimum atomic E-state index is -5.21. The van der Waals surface area contributed by atoms with Crippen molar-refractivity contribution in [3.05, 3.63) is 83.6 Å². The number of rotatable bonds is 19. The quantitative estimate of drug-likeness (QED) is 0.0437. The Kier molecular flexibility index (Phi) is 14.1. The minimum Gasteiger partial charge on any atom is -0.429 e. The Hall–Kier alpha value is -4.72. The Morgan fingerprint density at radius 2 is 1.26 bits per heavy atom. The fraction of sp³-hybridized carbons (Fsp3) is 0.350. The van der Waals surface area contributed by atoms with E-state index in [0.29, 0.717) is 23.0 Å². The zero-order valence-corrected chi connectivity index (χ0v) is 40.9. The van der Waals surface area contributed by atoms with Crippen LogP contribution in [0.3, 0.4) is 0 Å². The topological polar surface area (TPSA) is 359 Å². The predicted molar refractivity (Wildman–Crippen MR) is 246 cm³/mol. The molecule has 0 saturated carbocycles. The van der Waals surface area contributed by atoms with Crippen LogP contribution in [0.5, 0.6) is 5.75 Å². The van der Waals surface area contributed by atoms with Crippen LogP contribution in [0.2, 0.25) is 0 Å². The van der Waals surface area contributed by atoms with Crippen LogP contribution in [-0.4, -0.2) is 125 Å². The Balaban J connectivity index is 1.65. The maximum atomic E-state index is 12.9. The lowest BCUT2D eigenvalue weighted by Gasteiger charge is -2.31. The molecule has 68 heavy (non-hydrogen) atoms. The lowest BCUT2D eigenvalue weighted by atomic mass is 9.75. The summed E-state index contributed by atoms with van der Waals surface area (Å²) < 4.78 is 214. The molecular weight excluding hydrogens is 1020 g/mol. The molecule has 4 aromatic carbocycles. The summed E-state index contributed by atoms with van der Waals surface area (Å²) in [6, 6.07) is 9.43. The van der Waals surface area contributed by atoms with E-state index >= 15 is 0 Å². The first-order valence-electron chi connectivity index (χ1n) is 20.0. The summed E-state index contributed by atoms with van der Waals surface area (Å²) in [4.78, 5) is 10.3. The van der Waals surface area contributed by atoms with Gasteiger partial charge in [-0.1, -0.05) is 12.1 Å². The molecule has 0 saturated heterocycles. The molecule has 28 heteroatoms. The van der Waals surface area contributed by atoms with Gasteiger partial charge < -0.3 is 9.64 Å². The van der Waals surface area contributed by atoms with Gasteiger partial charge in [0.05, 0.1) is 27.6 Å². The second-order valence-electron chi connectivity index (χ2n) is 16.8. The summed E-state index contributed by atoms with van der Waals surface area (Å²) in [6.45, 7) is 4.66. The molecule has 6 rings (SSSR count). The second kappa shape index (κ2) is 18.2. The molecule has 0 spiro atoms. The van der Waals surface area contributed by atoms with Gasteiger partial charge in [-0.25, -0.2) is 0 Å². The van der Waals surface area contributed by atoms with Gasteiger partial charge in [-0.3, -0.25) is 32.1 Å². The number of anilines is 1. The standard InChI is InChI=1S/C40H44N2O20S6/c1-39(2)34(41(15-6-18-64(47,48)49)31-12-10-25-20-26(62-24-43)21-33(68(59,60)61)36(25)38(31)39)8-4-9-35-40(3,14-5-17-63(44,45)46)37-29-22-27(66(53,54)55)23-32(67(56,57)58)28(29)11-13-30(37)42(35)16-7-19-65(50,51)52/h4,8-13,20-24H,5-7,14-19H2,1-3H3,(H5-,44,45,46,47,48,49,50,51,52,53,54,55,56,57,58,59,60,61)/p+1. The largest absolute Gasteiger partial charge is 0.429 e. The van der Waals surface area contributed by atoms with E-state index in [1.54, 1.807) is 42.4 Å². The van der Waals surface area contributed by atoms with Gasteiger partial charge in [-0.15, -0.1) is 0 Å². The van der Waals surface area contributed by atoms with Crippen molar-refractivity contribution in [2.45, 2.75) is 72.0 Å². The van der Waals surface area contributed by atoms with E-state index in [2.05, 4.69) is 0 Å². The van der Waals surface area contributed by atoms with Crippen LogP contribution >= 0.6 is 0 Å². The van der Waals surface area contributed by atoms with Gasteiger partial charge in [-0.05, 0) is 92.8 Å². The number of nitrogens with zero attached hydrogens (tertiary/aromatic N) is 2. The van der Waals surface area contributed by atoms with E-state index in [9.17, 15) is 82.6 Å². The van der Waals surface area contributed by atoms with E-state index in [4.69, 9.17) is 4.74 Å². The van der Waals surface area contributed by atoms with E-state index < -0.39 is 103 Å². The third-order valence-corrected chi connectivity index (χ3v) is 16.8. The number of carbonyl (C=O) groups is 1. The summed E-state index contributed by atoms with van der Waals surface area (Å²) in [7, 11) is -29.1. The first kappa shape index (κ1) is 52.6. The first-order chi connectivity index (χ1) is 31.1. The van der Waals surface area contributed by atoms with Crippen LogP contribution in [0.1, 0.15) is 57.6 Å². The molecule has 2 aliphatic rings. The molecule has 0 amide bonds. The normalized spacial score (nSPS) is 18.5. The number of allylic oxidation sites excluding steroid dienone is 4. The van der Waals surface area contributed by atoms with Crippen molar-refractivity contribution in [1.29, 1.82) is 0 Å². The molecule has 2 heterocycles. The van der Waals surface area contributed by atoms with Crippen molar-refractivity contribution in [2.24, 2.45) is 0 Å². The highest BCUT2D eigenvalue weighted by atomic mass is 32.2. The van der Waals surface area contributed by atoms with Crippen molar-refractivity contribution in [2.75, 3.05) is 35.2 Å². The van der Waals surface area contributed by atoms with Gasteiger partial charge in [0.1, 0.15) is 22.1 Å². The molecule has 0 aromatic heterocycles. The zero-order valence-electron chi connectivity index (χ0n) is 36.0. The fourth-order valence-corrected chi connectivity index (χ4v) is 12.8. The fourth-order valence-electron chi connectivity index (χ4n) is 9.21. The average molecular weight is 1070 g/mol. The SMILES string of the molecule is CC1(C)C(/C=C/C=C2/N(CCCS(=O)(=O)O)c3ccc4c(S(=O)(=O)O)cc(S(=O)(=O)O)cc4c3C2(C)CCCS(=O)(=O)O)=[N+](CCCS(=O)(=O)O)c2ccc3cc(OC=O)cc(S(=O)(=O)O)c3c21. The van der Waals surface area contributed by atoms with Gasteiger partial charge in [0.2, 0.25) is 5.69 Å². The Morgan fingerprint density at radius 3 is 1.84 bits per heavy atom. The summed E-state index contributed by atoms with van der Waals surface area (Å²) in [5.41, 5.74) is -1.24. The number of hydrogen-bond acceptors (Lipinski definition) is 15.